The second-order valence-electron chi connectivity index (χ2n) is 13.1. The summed E-state index contributed by atoms with van der Waals surface area (Å²) in [5.41, 5.74) is 4.50. The van der Waals surface area contributed by atoms with E-state index in [9.17, 15) is 28.8 Å². The summed E-state index contributed by atoms with van der Waals surface area (Å²) >= 11 is 0. The van der Waals surface area contributed by atoms with Crippen LogP contribution in [0.5, 0.6) is 0 Å². The molecule has 0 amide bonds. The highest BCUT2D eigenvalue weighted by molar-refractivity contribution is 7.51. The van der Waals surface area contributed by atoms with Gasteiger partial charge in [-0.3, -0.25) is 18.4 Å². The number of carboxylic acids is 1. The summed E-state index contributed by atoms with van der Waals surface area (Å²) < 4.78 is 52.8. The zero-order chi connectivity index (χ0) is 38.3. The number of aliphatic hydroxyl groups is 1. The maximum atomic E-state index is 14.4. The van der Waals surface area contributed by atoms with Crippen LogP contribution in [0, 0.1) is 18.4 Å². The van der Waals surface area contributed by atoms with Gasteiger partial charge in [-0.25, -0.2) is 14.6 Å². The maximum Gasteiger partial charge on any atom is 0.407 e. The van der Waals surface area contributed by atoms with Crippen LogP contribution in [0.1, 0.15) is 89.3 Å². The fraction of sp³-hybridized carbons (Fsp3) is 0.583. The predicted molar refractivity (Wildman–Crippen MR) is 194 cm³/mol. The number of rotatable bonds is 25. The smallest absolute Gasteiger partial charge is 0.407 e. The van der Waals surface area contributed by atoms with Crippen LogP contribution in [0.25, 0.3) is 11.2 Å². The van der Waals surface area contributed by atoms with Crippen LogP contribution in [0.15, 0.2) is 36.7 Å². The van der Waals surface area contributed by atoms with Gasteiger partial charge in [-0.2, -0.15) is 14.4 Å². The molecule has 1 aromatic carbocycles. The van der Waals surface area contributed by atoms with Crippen molar-refractivity contribution in [3.05, 3.63) is 48.3 Å². The molecular weight excluding hydrogens is 710 g/mol. The van der Waals surface area contributed by atoms with E-state index in [1.807, 2.05) is 0 Å². The highest BCUT2D eigenvalue weighted by Gasteiger charge is 2.50. The van der Waals surface area contributed by atoms with Crippen molar-refractivity contribution in [3.8, 4) is 12.3 Å². The number of nitrogen functional groups attached to an aromatic ring is 1. The summed E-state index contributed by atoms with van der Waals surface area (Å²) in [5, 5.41) is 23.6. The molecule has 1 aliphatic rings. The number of anilines is 1. The van der Waals surface area contributed by atoms with Crippen LogP contribution in [-0.4, -0.2) is 85.7 Å². The molecule has 17 heteroatoms. The number of ether oxygens (including phenoxy) is 2. The van der Waals surface area contributed by atoms with E-state index in [4.69, 9.17) is 30.7 Å². The number of aldehydes is 1. The topological polar surface area (TPSA) is 210 Å². The highest BCUT2D eigenvalue weighted by atomic mass is 31.2. The Morgan fingerprint density at radius 2 is 1.87 bits per heavy atom. The molecule has 2 aromatic heterocycles. The molecule has 3 aromatic rings. The molecule has 1 fully saturated rings. The second kappa shape index (κ2) is 20.6. The second-order valence-corrected chi connectivity index (χ2v) is 14.8. The highest BCUT2D eigenvalue weighted by Crippen LogP contribution is 2.49. The van der Waals surface area contributed by atoms with Gasteiger partial charge in [0.25, 0.3) is 0 Å². The lowest BCUT2D eigenvalue weighted by Gasteiger charge is -2.30. The lowest BCUT2D eigenvalue weighted by Crippen LogP contribution is -2.44. The van der Waals surface area contributed by atoms with Crippen molar-refractivity contribution in [1.29, 1.82) is 0 Å². The van der Waals surface area contributed by atoms with Gasteiger partial charge in [-0.15, -0.1) is 6.42 Å². The summed E-state index contributed by atoms with van der Waals surface area (Å²) in [6.45, 7) is 1.49. The lowest BCUT2D eigenvalue weighted by atomic mass is 9.99. The van der Waals surface area contributed by atoms with E-state index in [1.54, 1.807) is 30.3 Å². The molecule has 3 unspecified atom stereocenters. The number of carbonyl (C=O) groups is 2. The number of imidazole rings is 1. The molecule has 290 valence electrons. The molecule has 0 bridgehead atoms. The number of hydrogen-bond acceptors (Lipinski definition) is 12. The molecule has 1 saturated heterocycles. The van der Waals surface area contributed by atoms with E-state index < -0.39 is 56.5 Å². The van der Waals surface area contributed by atoms with Gasteiger partial charge in [0.2, 0.25) is 0 Å². The van der Waals surface area contributed by atoms with E-state index in [-0.39, 0.29) is 36.4 Å². The minimum Gasteiger partial charge on any atom is -0.480 e. The van der Waals surface area contributed by atoms with Crippen LogP contribution in [0.3, 0.4) is 0 Å². The zero-order valence-corrected chi connectivity index (χ0v) is 30.9. The van der Waals surface area contributed by atoms with Gasteiger partial charge >= 0.3 is 19.8 Å². The Kier molecular flexibility index (Phi) is 16.3. The van der Waals surface area contributed by atoms with Gasteiger partial charge in [0.1, 0.15) is 31.1 Å². The third-order valence-electron chi connectivity index (χ3n) is 8.98. The average Bonchev–Trinajstić information content (AvgIpc) is 3.71. The van der Waals surface area contributed by atoms with Crippen LogP contribution >= 0.6 is 7.75 Å². The minimum atomic E-state index is -4.72. The monoisotopic (exact) mass is 760 g/mol. The molecule has 53 heavy (non-hydrogen) atoms. The third-order valence-corrected chi connectivity index (χ3v) is 10.6. The van der Waals surface area contributed by atoms with Crippen molar-refractivity contribution < 1.29 is 47.3 Å². The molecule has 1 aliphatic heterocycles. The number of aromatic nitrogens is 4. The summed E-state index contributed by atoms with van der Waals surface area (Å²) in [6, 6.07) is 7.10. The molecule has 3 heterocycles. The van der Waals surface area contributed by atoms with Gasteiger partial charge < -0.3 is 30.2 Å². The van der Waals surface area contributed by atoms with Crippen LogP contribution in [0.4, 0.5) is 10.2 Å². The van der Waals surface area contributed by atoms with E-state index in [2.05, 4.69) is 32.9 Å². The van der Waals surface area contributed by atoms with Gasteiger partial charge in [0.15, 0.2) is 28.9 Å². The van der Waals surface area contributed by atoms with E-state index in [0.717, 1.165) is 25.7 Å². The normalized spacial score (nSPS) is 20.9. The molecule has 0 radical (unpaired) electrons. The first kappa shape index (κ1) is 41.9. The van der Waals surface area contributed by atoms with Crippen molar-refractivity contribution in [2.45, 2.75) is 114 Å². The first-order valence-corrected chi connectivity index (χ1v) is 19.6. The predicted octanol–water partition coefficient (Wildman–Crippen LogP) is 5.13. The number of nitrogens with one attached hydrogen (secondary N) is 1. The number of aliphatic hydroxyl groups excluding tert-OH is 1. The summed E-state index contributed by atoms with van der Waals surface area (Å²) in [6.07, 6.45) is 13.6. The number of aliphatic carboxylic acids is 1. The van der Waals surface area contributed by atoms with Crippen molar-refractivity contribution in [3.63, 3.8) is 0 Å². The van der Waals surface area contributed by atoms with Crippen LogP contribution in [-0.2, 0) is 39.1 Å². The number of hydrogen-bond donors (Lipinski definition) is 4. The molecule has 5 N–H and O–H groups in total. The minimum absolute atomic E-state index is 0.0200. The largest absolute Gasteiger partial charge is 0.480 e. The Hall–Kier alpha value is -3.81. The molecule has 0 aliphatic carbocycles. The maximum absolute atomic E-state index is 14.4. The number of halogens is 1. The Morgan fingerprint density at radius 1 is 1.19 bits per heavy atom. The Bertz CT molecular complexity index is 1710. The number of fused-ring (bicyclic) bond motifs is 1. The molecular formula is C36H50FN6O9P. The quantitative estimate of drug-likeness (QED) is 0.0290. The fourth-order valence-electron chi connectivity index (χ4n) is 6.02. The Balaban J connectivity index is 1.42. The first-order chi connectivity index (χ1) is 25.5. The van der Waals surface area contributed by atoms with Crippen molar-refractivity contribution >= 4 is 37.0 Å². The molecule has 0 spiro atoms. The molecule has 4 rings (SSSR count). The number of carboxylic acid groups (broad SMARTS) is 1. The summed E-state index contributed by atoms with van der Waals surface area (Å²) in [7, 11) is -4.72. The first-order valence-electron chi connectivity index (χ1n) is 18.0. The third kappa shape index (κ3) is 12.1. The van der Waals surface area contributed by atoms with E-state index in [1.165, 1.54) is 49.4 Å². The molecule has 0 saturated carbocycles. The van der Waals surface area contributed by atoms with Crippen molar-refractivity contribution in [1.82, 2.24) is 24.6 Å². The molecule has 15 nitrogen and oxygen atoms in total. The van der Waals surface area contributed by atoms with Gasteiger partial charge in [0, 0.05) is 13.0 Å². The summed E-state index contributed by atoms with van der Waals surface area (Å²) in [5.74, 6) is 0.769. The summed E-state index contributed by atoms with van der Waals surface area (Å²) in [4.78, 5) is 35.8. The number of nitrogens with zero attached hydrogens (tertiary/aromatic N) is 4. The molecule has 6 atom stereocenters. The standard InChI is InChI=1S/C36H50FN6O9P/c1-3-5-6-7-8-9-10-11-12-16-19-49-23-27(22-44)52-53(48,42-28(34(46)47)20-26-17-14-13-15-18-26)50-24-36(4-2)29(45)21-30(51-36)43-25-39-31-32(38)40-35(37)41-33(31)43/h2,13-15,17-18,22,25,27-30,45H,3,5-12,16,19-21,23-24H2,1H3,(H,42,48)(H,46,47)(H2,38,40,41)/t27?,28?,29-,30+,36+,53?/m0/s1. The number of terminal acetylenes is 1. The lowest BCUT2D eigenvalue weighted by molar-refractivity contribution is -0.139. The van der Waals surface area contributed by atoms with E-state index in [0.29, 0.717) is 18.5 Å². The number of nitrogens with two attached hydrogens (primary N) is 1. The fourth-order valence-corrected chi connectivity index (χ4v) is 7.62. The number of unbranched alkanes of at least 4 members (excludes halogenated alkanes) is 9. The van der Waals surface area contributed by atoms with Gasteiger partial charge in [-0.05, 0) is 18.4 Å². The van der Waals surface area contributed by atoms with Crippen LogP contribution in [0.2, 0.25) is 0 Å². The van der Waals surface area contributed by atoms with Gasteiger partial charge in [-0.1, -0.05) is 101 Å². The van der Waals surface area contributed by atoms with Gasteiger partial charge in [0.05, 0.1) is 12.9 Å². The average molecular weight is 761 g/mol. The van der Waals surface area contributed by atoms with Crippen molar-refractivity contribution in [2.24, 2.45) is 0 Å². The van der Waals surface area contributed by atoms with Crippen LogP contribution < -0.4 is 10.8 Å². The zero-order valence-electron chi connectivity index (χ0n) is 30.0. The Labute approximate surface area is 308 Å². The van der Waals surface area contributed by atoms with E-state index >= 15 is 0 Å². The number of benzene rings is 1. The van der Waals surface area contributed by atoms with Crippen molar-refractivity contribution in [2.75, 3.05) is 25.6 Å². The number of carbonyl (C=O) groups excluding carboxylic acids is 1. The Morgan fingerprint density at radius 3 is 2.51 bits per heavy atom. The SMILES string of the molecule is C#C[C@]1(COP(=O)(NC(Cc2ccccc2)C(=O)O)OC(C=O)COCCCCCCCCCCCC)O[C@@H](n2cnc3c(N)nc(F)nc32)C[C@@H]1O.